The maximum absolute atomic E-state index is 3.71. The van der Waals surface area contributed by atoms with Gasteiger partial charge in [0.25, 0.3) is 0 Å². The Labute approximate surface area is 74.8 Å². The van der Waals surface area contributed by atoms with Crippen molar-refractivity contribution < 1.29 is 5.32 Å². The lowest BCUT2D eigenvalue weighted by Gasteiger charge is -2.02. The molecule has 0 saturated heterocycles. The summed E-state index contributed by atoms with van der Waals surface area (Å²) in [5, 5.41) is 1.97. The van der Waals surface area contributed by atoms with Crippen molar-refractivity contribution in [2.75, 3.05) is 6.54 Å². The highest BCUT2D eigenvalue weighted by atomic mass is 14.8. The summed E-state index contributed by atoms with van der Waals surface area (Å²) in [6.07, 6.45) is 2.25. The van der Waals surface area contributed by atoms with E-state index in [-0.39, 0.29) is 0 Å². The minimum absolute atomic E-state index is 1.07. The van der Waals surface area contributed by atoms with Crippen LogP contribution >= 0.6 is 0 Å². The molecule has 0 fully saturated rings. The number of quaternary nitrogens is 1. The van der Waals surface area contributed by atoms with Crippen molar-refractivity contribution in [3.8, 4) is 0 Å². The van der Waals surface area contributed by atoms with E-state index in [9.17, 15) is 0 Å². The van der Waals surface area contributed by atoms with Crippen LogP contribution in [-0.2, 0) is 12.8 Å². The van der Waals surface area contributed by atoms with E-state index in [2.05, 4.69) is 38.2 Å². The fourth-order valence-electron chi connectivity index (χ4n) is 1.21. The van der Waals surface area contributed by atoms with Crippen molar-refractivity contribution in [2.24, 2.45) is 0 Å². The average molecular weight is 163 g/mol. The van der Waals surface area contributed by atoms with Gasteiger partial charge in [-0.15, -0.1) is 0 Å². The van der Waals surface area contributed by atoms with Crippen LogP contribution in [0.15, 0.2) is 24.3 Å². The van der Waals surface area contributed by atoms with Gasteiger partial charge in [0.2, 0.25) is 0 Å². The van der Waals surface area contributed by atoms with Crippen molar-refractivity contribution in [3.63, 3.8) is 0 Å². The van der Waals surface area contributed by atoms with Gasteiger partial charge in [-0.25, -0.2) is 0 Å². The smallest absolute Gasteiger partial charge is 0.0556 e. The molecule has 0 atom stereocenters. The van der Waals surface area contributed by atoms with Crippen LogP contribution in [0.4, 0.5) is 0 Å². The number of hydrogen-bond acceptors (Lipinski definition) is 0. The molecule has 0 unspecified atom stereocenters. The summed E-state index contributed by atoms with van der Waals surface area (Å²) in [4.78, 5) is 0. The molecule has 0 radical (unpaired) electrons. The minimum Gasteiger partial charge on any atom is -0.479 e. The normalized spacial score (nSPS) is 10.2. The van der Waals surface area contributed by atoms with Crippen molar-refractivity contribution in [3.05, 3.63) is 42.4 Å². The largest absolute Gasteiger partial charge is 0.479 e. The quantitative estimate of drug-likeness (QED) is 0.641. The molecule has 1 heteroatoms. The summed E-state index contributed by atoms with van der Waals surface area (Å²) < 4.78 is 0. The van der Waals surface area contributed by atoms with Crippen LogP contribution in [0, 0.1) is 7.05 Å². The zero-order valence-corrected chi connectivity index (χ0v) is 7.72. The van der Waals surface area contributed by atoms with Gasteiger partial charge in [0.05, 0.1) is 6.54 Å². The Hall–Kier alpha value is -0.820. The minimum atomic E-state index is 1.07. The number of hydrogen-bond donors (Lipinski definition) is 1. The Balaban J connectivity index is 2.53. The van der Waals surface area contributed by atoms with Crippen molar-refractivity contribution >= 4 is 0 Å². The molecule has 0 aliphatic rings. The predicted octanol–water partition coefficient (Wildman–Crippen LogP) is 1.15. The Bertz CT molecular complexity index is 213. The Kier molecular flexibility index (Phi) is 3.81. The summed E-state index contributed by atoms with van der Waals surface area (Å²) in [7, 11) is 3.71. The number of rotatable bonds is 4. The molecule has 66 valence electrons. The van der Waals surface area contributed by atoms with Crippen LogP contribution in [-0.4, -0.2) is 6.54 Å². The number of benzene rings is 1. The van der Waals surface area contributed by atoms with Gasteiger partial charge in [-0.2, -0.15) is 7.05 Å². The Morgan fingerprint density at radius 3 is 2.25 bits per heavy atom. The average Bonchev–Trinajstić information content (AvgIpc) is 2.15. The van der Waals surface area contributed by atoms with E-state index >= 15 is 0 Å². The maximum atomic E-state index is 3.71. The fourth-order valence-corrected chi connectivity index (χ4v) is 1.21. The second-order valence-corrected chi connectivity index (χ2v) is 3.00. The van der Waals surface area contributed by atoms with Gasteiger partial charge in [-0.05, 0) is 17.5 Å². The monoisotopic (exact) mass is 163 g/mol. The molecule has 0 bridgehead atoms. The first kappa shape index (κ1) is 9.27. The van der Waals surface area contributed by atoms with E-state index < -0.39 is 0 Å². The molecule has 0 amide bonds. The third-order valence-electron chi connectivity index (χ3n) is 2.07. The Morgan fingerprint density at radius 2 is 1.75 bits per heavy atom. The highest BCUT2D eigenvalue weighted by Gasteiger charge is 1.92. The SMILES string of the molecule is [CH2-][NH2+]CCc1ccc(CC)cc1. The standard InChI is InChI=1S/C11H17N/c1-3-10-4-6-11(7-5-10)8-9-12-2/h4-7H,2-3,8-9,12H2,1H3. The van der Waals surface area contributed by atoms with E-state index in [1.165, 1.54) is 11.1 Å². The highest BCUT2D eigenvalue weighted by molar-refractivity contribution is 5.22. The van der Waals surface area contributed by atoms with Crippen LogP contribution in [0.5, 0.6) is 0 Å². The van der Waals surface area contributed by atoms with E-state index in [0.29, 0.717) is 0 Å². The molecular weight excluding hydrogens is 146 g/mol. The summed E-state index contributed by atoms with van der Waals surface area (Å²) >= 11 is 0. The number of aryl methyl sites for hydroxylation is 1. The highest BCUT2D eigenvalue weighted by Crippen LogP contribution is 2.04. The zero-order valence-electron chi connectivity index (χ0n) is 7.72. The van der Waals surface area contributed by atoms with Gasteiger partial charge in [-0.1, -0.05) is 31.2 Å². The van der Waals surface area contributed by atoms with E-state index in [0.717, 1.165) is 19.4 Å². The van der Waals surface area contributed by atoms with E-state index in [4.69, 9.17) is 0 Å². The molecule has 1 aromatic rings. The van der Waals surface area contributed by atoms with E-state index in [1.807, 2.05) is 5.32 Å². The zero-order chi connectivity index (χ0) is 8.81. The maximum Gasteiger partial charge on any atom is 0.0556 e. The summed E-state index contributed by atoms with van der Waals surface area (Å²) in [6, 6.07) is 8.83. The van der Waals surface area contributed by atoms with Crippen LogP contribution in [0.2, 0.25) is 0 Å². The first-order valence-corrected chi connectivity index (χ1v) is 4.55. The van der Waals surface area contributed by atoms with Crippen molar-refractivity contribution in [2.45, 2.75) is 19.8 Å². The molecule has 12 heavy (non-hydrogen) atoms. The van der Waals surface area contributed by atoms with Gasteiger partial charge < -0.3 is 5.32 Å². The molecular formula is C11H17N. The molecule has 1 rings (SSSR count). The molecule has 0 heterocycles. The molecule has 0 saturated carbocycles. The molecule has 0 aromatic heterocycles. The van der Waals surface area contributed by atoms with Crippen molar-refractivity contribution in [1.29, 1.82) is 0 Å². The van der Waals surface area contributed by atoms with Gasteiger partial charge in [-0.3, -0.25) is 0 Å². The van der Waals surface area contributed by atoms with Crippen molar-refractivity contribution in [1.82, 2.24) is 0 Å². The summed E-state index contributed by atoms with van der Waals surface area (Å²) in [5.41, 5.74) is 2.82. The number of nitrogens with two attached hydrogens (primary N) is 1. The van der Waals surface area contributed by atoms with Gasteiger partial charge >= 0.3 is 0 Å². The van der Waals surface area contributed by atoms with Crippen LogP contribution in [0.25, 0.3) is 0 Å². The lowest BCUT2D eigenvalue weighted by molar-refractivity contribution is -0.594. The summed E-state index contributed by atoms with van der Waals surface area (Å²) in [5.74, 6) is 0. The lowest BCUT2D eigenvalue weighted by Crippen LogP contribution is -2.77. The molecule has 2 N–H and O–H groups in total. The predicted molar refractivity (Wildman–Crippen MR) is 51.7 cm³/mol. The van der Waals surface area contributed by atoms with Crippen LogP contribution in [0.3, 0.4) is 0 Å². The van der Waals surface area contributed by atoms with E-state index in [1.54, 1.807) is 0 Å². The fraction of sp³-hybridized carbons (Fsp3) is 0.364. The first-order chi connectivity index (χ1) is 5.86. The topological polar surface area (TPSA) is 16.6 Å². The van der Waals surface area contributed by atoms with Crippen LogP contribution < -0.4 is 5.32 Å². The third kappa shape index (κ3) is 2.67. The second-order valence-electron chi connectivity index (χ2n) is 3.00. The lowest BCUT2D eigenvalue weighted by atomic mass is 10.1. The van der Waals surface area contributed by atoms with Gasteiger partial charge in [0, 0.05) is 6.42 Å². The Morgan fingerprint density at radius 1 is 1.17 bits per heavy atom. The summed E-state index contributed by atoms with van der Waals surface area (Å²) in [6.45, 7) is 3.25. The molecule has 0 spiro atoms. The molecule has 0 aliphatic carbocycles. The van der Waals surface area contributed by atoms with Crippen LogP contribution in [0.1, 0.15) is 18.1 Å². The van der Waals surface area contributed by atoms with Gasteiger partial charge in [0.1, 0.15) is 0 Å². The molecule has 1 aromatic carbocycles. The van der Waals surface area contributed by atoms with Gasteiger partial charge in [0.15, 0.2) is 0 Å². The molecule has 0 aliphatic heterocycles. The first-order valence-electron chi connectivity index (χ1n) is 4.55. The molecule has 1 nitrogen and oxygen atoms in total. The third-order valence-corrected chi connectivity index (χ3v) is 2.07. The second kappa shape index (κ2) is 4.94.